The third-order valence-electron chi connectivity index (χ3n) is 2.69. The largest absolute Gasteiger partial charge is 0.397 e. The first-order chi connectivity index (χ1) is 7.25. The topological polar surface area (TPSA) is 60.2 Å². The number of aryl methyl sites for hydroxylation is 1. The first-order valence-corrected chi connectivity index (χ1v) is 5.33. The van der Waals surface area contributed by atoms with Crippen LogP contribution in [0, 0.1) is 6.92 Å². The van der Waals surface area contributed by atoms with Crippen LogP contribution in [0.15, 0.2) is 12.3 Å². The monoisotopic (exact) mass is 207 g/mol. The van der Waals surface area contributed by atoms with E-state index < -0.39 is 0 Å². The molecule has 15 heavy (non-hydrogen) atoms. The fraction of sp³-hybridized carbons (Fsp3) is 0.545. The average Bonchev–Trinajstić information content (AvgIpc) is 2.73. The van der Waals surface area contributed by atoms with Gasteiger partial charge in [0, 0.05) is 13.2 Å². The molecule has 0 saturated carbocycles. The average molecular weight is 207 g/mol. The molecule has 4 heteroatoms. The maximum absolute atomic E-state index is 5.69. The molecule has 1 unspecified atom stereocenters. The number of ether oxygens (including phenoxy) is 1. The summed E-state index contributed by atoms with van der Waals surface area (Å²) < 4.78 is 5.51. The molecule has 1 fully saturated rings. The van der Waals surface area contributed by atoms with Crippen LogP contribution in [0.25, 0.3) is 0 Å². The number of nitrogens with zero attached hydrogens (tertiary/aromatic N) is 1. The Morgan fingerprint density at radius 2 is 2.53 bits per heavy atom. The van der Waals surface area contributed by atoms with Gasteiger partial charge >= 0.3 is 0 Å². The molecule has 0 spiro atoms. The summed E-state index contributed by atoms with van der Waals surface area (Å²) in [5.41, 5.74) is 7.48. The fourth-order valence-electron chi connectivity index (χ4n) is 1.69. The van der Waals surface area contributed by atoms with Gasteiger partial charge in [-0.05, 0) is 31.4 Å². The molecule has 2 rings (SSSR count). The van der Waals surface area contributed by atoms with Gasteiger partial charge in [-0.2, -0.15) is 0 Å². The summed E-state index contributed by atoms with van der Waals surface area (Å²) in [5.74, 6) is 0.872. The van der Waals surface area contributed by atoms with Crippen LogP contribution in [0.2, 0.25) is 0 Å². The number of rotatable bonds is 3. The molecule has 1 saturated heterocycles. The summed E-state index contributed by atoms with van der Waals surface area (Å²) in [6.45, 7) is 3.70. The zero-order valence-corrected chi connectivity index (χ0v) is 8.99. The van der Waals surface area contributed by atoms with Crippen LogP contribution in [0.5, 0.6) is 0 Å². The van der Waals surface area contributed by atoms with Gasteiger partial charge in [-0.15, -0.1) is 0 Å². The zero-order chi connectivity index (χ0) is 10.7. The standard InChI is InChI=1S/C11H17N3O/c1-8-5-11(14-7-10(8)12)13-6-9-3-2-4-15-9/h5,7,9H,2-4,6,12H2,1H3,(H,13,14). The zero-order valence-electron chi connectivity index (χ0n) is 8.99. The smallest absolute Gasteiger partial charge is 0.126 e. The van der Waals surface area contributed by atoms with E-state index in [1.165, 1.54) is 6.42 Å². The second-order valence-corrected chi connectivity index (χ2v) is 3.94. The highest BCUT2D eigenvalue weighted by Crippen LogP contribution is 2.15. The van der Waals surface area contributed by atoms with Gasteiger partial charge in [0.05, 0.1) is 18.0 Å². The summed E-state index contributed by atoms with van der Waals surface area (Å²) in [5, 5.41) is 3.26. The van der Waals surface area contributed by atoms with Crippen molar-refractivity contribution in [2.75, 3.05) is 24.2 Å². The molecule has 0 aromatic carbocycles. The van der Waals surface area contributed by atoms with E-state index in [0.717, 1.165) is 36.6 Å². The second-order valence-electron chi connectivity index (χ2n) is 3.94. The van der Waals surface area contributed by atoms with E-state index in [1.54, 1.807) is 6.20 Å². The minimum Gasteiger partial charge on any atom is -0.397 e. The van der Waals surface area contributed by atoms with E-state index in [0.29, 0.717) is 6.10 Å². The van der Waals surface area contributed by atoms with Crippen molar-refractivity contribution in [3.05, 3.63) is 17.8 Å². The Balaban J connectivity index is 1.90. The summed E-state index contributed by atoms with van der Waals surface area (Å²) in [6, 6.07) is 1.96. The molecule has 1 aliphatic rings. The lowest BCUT2D eigenvalue weighted by Gasteiger charge is -2.11. The van der Waals surface area contributed by atoms with Crippen molar-refractivity contribution >= 4 is 11.5 Å². The lowest BCUT2D eigenvalue weighted by molar-refractivity contribution is 0.120. The minimum atomic E-state index is 0.338. The van der Waals surface area contributed by atoms with Crippen molar-refractivity contribution in [1.29, 1.82) is 0 Å². The molecule has 0 amide bonds. The predicted molar refractivity (Wildman–Crippen MR) is 60.9 cm³/mol. The first kappa shape index (κ1) is 10.2. The van der Waals surface area contributed by atoms with Crippen molar-refractivity contribution < 1.29 is 4.74 Å². The van der Waals surface area contributed by atoms with Crippen molar-refractivity contribution in [3.63, 3.8) is 0 Å². The highest BCUT2D eigenvalue weighted by Gasteiger charge is 2.14. The number of nitrogens with two attached hydrogens (primary N) is 1. The van der Waals surface area contributed by atoms with Gasteiger partial charge < -0.3 is 15.8 Å². The molecule has 1 atom stereocenters. The van der Waals surface area contributed by atoms with Gasteiger partial charge in [0.15, 0.2) is 0 Å². The maximum Gasteiger partial charge on any atom is 0.126 e. The number of hydrogen-bond donors (Lipinski definition) is 2. The number of hydrogen-bond acceptors (Lipinski definition) is 4. The highest BCUT2D eigenvalue weighted by molar-refractivity contribution is 5.50. The van der Waals surface area contributed by atoms with Gasteiger partial charge in [0.2, 0.25) is 0 Å². The SMILES string of the molecule is Cc1cc(NCC2CCCO2)ncc1N. The Kier molecular flexibility index (Phi) is 3.06. The number of aromatic nitrogens is 1. The van der Waals surface area contributed by atoms with Gasteiger partial charge in [-0.25, -0.2) is 4.98 Å². The fourth-order valence-corrected chi connectivity index (χ4v) is 1.69. The molecule has 1 aliphatic heterocycles. The van der Waals surface area contributed by atoms with Crippen LogP contribution < -0.4 is 11.1 Å². The van der Waals surface area contributed by atoms with Crippen LogP contribution in [0.1, 0.15) is 18.4 Å². The third-order valence-corrected chi connectivity index (χ3v) is 2.69. The van der Waals surface area contributed by atoms with Crippen LogP contribution in [0.3, 0.4) is 0 Å². The second kappa shape index (κ2) is 4.49. The molecule has 0 bridgehead atoms. The number of nitrogen functional groups attached to an aromatic ring is 1. The van der Waals surface area contributed by atoms with Crippen LogP contribution in [-0.4, -0.2) is 24.2 Å². The van der Waals surface area contributed by atoms with Crippen molar-refractivity contribution in [3.8, 4) is 0 Å². The van der Waals surface area contributed by atoms with Crippen LogP contribution >= 0.6 is 0 Å². The molecule has 3 N–H and O–H groups in total. The van der Waals surface area contributed by atoms with Crippen molar-refractivity contribution in [2.24, 2.45) is 0 Å². The van der Waals surface area contributed by atoms with E-state index >= 15 is 0 Å². The van der Waals surface area contributed by atoms with Crippen molar-refractivity contribution in [2.45, 2.75) is 25.9 Å². The van der Waals surface area contributed by atoms with E-state index in [-0.39, 0.29) is 0 Å². The molecule has 0 aliphatic carbocycles. The van der Waals surface area contributed by atoms with E-state index in [2.05, 4.69) is 10.3 Å². The maximum atomic E-state index is 5.69. The summed E-state index contributed by atoms with van der Waals surface area (Å²) in [7, 11) is 0. The Morgan fingerprint density at radius 1 is 1.67 bits per heavy atom. The van der Waals surface area contributed by atoms with Gasteiger partial charge in [-0.3, -0.25) is 0 Å². The lowest BCUT2D eigenvalue weighted by Crippen LogP contribution is -2.19. The summed E-state index contributed by atoms with van der Waals surface area (Å²) >= 11 is 0. The van der Waals surface area contributed by atoms with Crippen LogP contribution in [0.4, 0.5) is 11.5 Å². The lowest BCUT2D eigenvalue weighted by atomic mass is 10.2. The number of pyridine rings is 1. The molecule has 4 nitrogen and oxygen atoms in total. The Bertz CT molecular complexity index is 335. The molecular weight excluding hydrogens is 190 g/mol. The highest BCUT2D eigenvalue weighted by atomic mass is 16.5. The van der Waals surface area contributed by atoms with Gasteiger partial charge in [0.25, 0.3) is 0 Å². The normalized spacial score (nSPS) is 20.5. The van der Waals surface area contributed by atoms with Crippen LogP contribution in [-0.2, 0) is 4.74 Å². The van der Waals surface area contributed by atoms with Gasteiger partial charge in [0.1, 0.15) is 5.82 Å². The van der Waals surface area contributed by atoms with E-state index in [9.17, 15) is 0 Å². The molecule has 82 valence electrons. The number of nitrogens with one attached hydrogen (secondary N) is 1. The molecular formula is C11H17N3O. The van der Waals surface area contributed by atoms with E-state index in [1.807, 2.05) is 13.0 Å². The first-order valence-electron chi connectivity index (χ1n) is 5.33. The molecule has 2 heterocycles. The van der Waals surface area contributed by atoms with Gasteiger partial charge in [-0.1, -0.05) is 0 Å². The molecule has 1 aromatic rings. The molecule has 1 aromatic heterocycles. The summed E-state index contributed by atoms with van der Waals surface area (Å²) in [6.07, 6.45) is 4.33. The van der Waals surface area contributed by atoms with Crippen molar-refractivity contribution in [1.82, 2.24) is 4.98 Å². The van der Waals surface area contributed by atoms with E-state index in [4.69, 9.17) is 10.5 Å². The molecule has 0 radical (unpaired) electrons. The Labute approximate surface area is 89.8 Å². The Hall–Kier alpha value is -1.29. The number of anilines is 2. The predicted octanol–water partition coefficient (Wildman–Crippen LogP) is 1.56. The quantitative estimate of drug-likeness (QED) is 0.789. The minimum absolute atomic E-state index is 0.338. The third kappa shape index (κ3) is 2.59. The Morgan fingerprint density at radius 3 is 3.20 bits per heavy atom. The summed E-state index contributed by atoms with van der Waals surface area (Å²) in [4.78, 5) is 4.21.